The van der Waals surface area contributed by atoms with Crippen LogP contribution in [0.3, 0.4) is 0 Å². The van der Waals surface area contributed by atoms with Gasteiger partial charge in [0.15, 0.2) is 0 Å². The maximum absolute atomic E-state index is 6.00. The largest absolute Gasteiger partial charge is 0.397 e. The lowest BCUT2D eigenvalue weighted by Crippen LogP contribution is -2.28. The zero-order valence-electron chi connectivity index (χ0n) is 10.8. The van der Waals surface area contributed by atoms with Crippen molar-refractivity contribution in [2.75, 3.05) is 17.7 Å². The Labute approximate surface area is 108 Å². The third kappa shape index (κ3) is 1.80. The smallest absolute Gasteiger partial charge is 0.0951 e. The van der Waals surface area contributed by atoms with Crippen LogP contribution in [0.2, 0.25) is 0 Å². The molecule has 0 atom stereocenters. The van der Waals surface area contributed by atoms with Gasteiger partial charge in [-0.25, -0.2) is 0 Å². The second-order valence-corrected chi connectivity index (χ2v) is 5.12. The summed E-state index contributed by atoms with van der Waals surface area (Å²) in [6.07, 6.45) is 7.14. The highest BCUT2D eigenvalue weighted by atomic mass is 15.1. The van der Waals surface area contributed by atoms with Gasteiger partial charge in [-0.3, -0.25) is 4.98 Å². The van der Waals surface area contributed by atoms with E-state index in [1.54, 1.807) is 0 Å². The summed E-state index contributed by atoms with van der Waals surface area (Å²) >= 11 is 0. The average Bonchev–Trinajstić information content (AvgIpc) is 2.92. The zero-order valence-corrected chi connectivity index (χ0v) is 10.8. The highest BCUT2D eigenvalue weighted by molar-refractivity contribution is 5.98. The first-order valence-corrected chi connectivity index (χ1v) is 6.63. The monoisotopic (exact) mass is 241 g/mol. The summed E-state index contributed by atoms with van der Waals surface area (Å²) in [4.78, 5) is 6.80. The molecule has 3 heteroatoms. The van der Waals surface area contributed by atoms with Gasteiger partial charge in [-0.05, 0) is 25.0 Å². The summed E-state index contributed by atoms with van der Waals surface area (Å²) < 4.78 is 0. The van der Waals surface area contributed by atoms with Gasteiger partial charge in [0.1, 0.15) is 0 Å². The molecule has 2 N–H and O–H groups in total. The lowest BCUT2D eigenvalue weighted by molar-refractivity contribution is 0.655. The van der Waals surface area contributed by atoms with Crippen LogP contribution in [0, 0.1) is 0 Å². The van der Waals surface area contributed by atoms with Crippen molar-refractivity contribution in [1.29, 1.82) is 0 Å². The van der Waals surface area contributed by atoms with E-state index in [1.807, 2.05) is 18.3 Å². The van der Waals surface area contributed by atoms with Crippen molar-refractivity contribution in [1.82, 2.24) is 4.98 Å². The van der Waals surface area contributed by atoms with Crippen LogP contribution in [0.1, 0.15) is 25.7 Å². The molecule has 1 fully saturated rings. The molecule has 0 unspecified atom stereocenters. The van der Waals surface area contributed by atoms with E-state index >= 15 is 0 Å². The predicted molar refractivity (Wildman–Crippen MR) is 76.8 cm³/mol. The van der Waals surface area contributed by atoms with Crippen molar-refractivity contribution in [2.45, 2.75) is 31.7 Å². The van der Waals surface area contributed by atoms with Crippen molar-refractivity contribution in [2.24, 2.45) is 0 Å². The Bertz CT molecular complexity index is 559. The minimum Gasteiger partial charge on any atom is -0.397 e. The van der Waals surface area contributed by atoms with E-state index in [2.05, 4.69) is 29.1 Å². The molecule has 2 aromatic rings. The number of fused-ring (bicyclic) bond motifs is 1. The molecule has 0 aliphatic heterocycles. The van der Waals surface area contributed by atoms with E-state index in [4.69, 9.17) is 5.73 Å². The Morgan fingerprint density at radius 1 is 1.22 bits per heavy atom. The number of rotatable bonds is 2. The number of nitrogen functional groups attached to an aromatic ring is 1. The lowest BCUT2D eigenvalue weighted by Gasteiger charge is -2.27. The van der Waals surface area contributed by atoms with Gasteiger partial charge in [0.05, 0.1) is 11.2 Å². The van der Waals surface area contributed by atoms with Gasteiger partial charge in [0.25, 0.3) is 0 Å². The van der Waals surface area contributed by atoms with Gasteiger partial charge < -0.3 is 10.6 Å². The summed E-state index contributed by atoms with van der Waals surface area (Å²) in [7, 11) is 2.19. The SMILES string of the molecule is CN(c1ccnc2c(N)cccc12)C1CCCC1. The molecule has 3 rings (SSSR count). The molecule has 0 amide bonds. The summed E-state index contributed by atoms with van der Waals surface area (Å²) in [6.45, 7) is 0. The fourth-order valence-corrected chi connectivity index (χ4v) is 2.98. The van der Waals surface area contributed by atoms with Crippen LogP contribution >= 0.6 is 0 Å². The van der Waals surface area contributed by atoms with Crippen molar-refractivity contribution < 1.29 is 0 Å². The lowest BCUT2D eigenvalue weighted by atomic mass is 10.1. The van der Waals surface area contributed by atoms with Crippen molar-refractivity contribution in [3.05, 3.63) is 30.5 Å². The summed E-state index contributed by atoms with van der Waals surface area (Å²) in [5.41, 5.74) is 8.92. The number of anilines is 2. The van der Waals surface area contributed by atoms with E-state index in [0.717, 1.165) is 16.6 Å². The van der Waals surface area contributed by atoms with E-state index in [0.29, 0.717) is 6.04 Å². The van der Waals surface area contributed by atoms with E-state index in [1.165, 1.54) is 31.4 Å². The molecule has 0 radical (unpaired) electrons. The Morgan fingerprint density at radius 3 is 2.78 bits per heavy atom. The van der Waals surface area contributed by atoms with Crippen LogP contribution in [-0.4, -0.2) is 18.1 Å². The van der Waals surface area contributed by atoms with Gasteiger partial charge in [0, 0.05) is 30.4 Å². The number of pyridine rings is 1. The van der Waals surface area contributed by atoms with E-state index in [9.17, 15) is 0 Å². The van der Waals surface area contributed by atoms with Crippen LogP contribution in [0.15, 0.2) is 30.5 Å². The molecule has 1 heterocycles. The standard InChI is InChI=1S/C15H19N3/c1-18(11-5-2-3-6-11)14-9-10-17-15-12(14)7-4-8-13(15)16/h4,7-11H,2-3,5-6,16H2,1H3. The first-order valence-electron chi connectivity index (χ1n) is 6.63. The van der Waals surface area contributed by atoms with Gasteiger partial charge in [-0.1, -0.05) is 25.0 Å². The Hall–Kier alpha value is -1.77. The summed E-state index contributed by atoms with van der Waals surface area (Å²) in [6, 6.07) is 8.79. The molecule has 0 saturated heterocycles. The predicted octanol–water partition coefficient (Wildman–Crippen LogP) is 3.20. The second-order valence-electron chi connectivity index (χ2n) is 5.12. The Balaban J connectivity index is 2.08. The summed E-state index contributed by atoms with van der Waals surface area (Å²) in [5, 5.41) is 1.16. The maximum atomic E-state index is 6.00. The minimum absolute atomic E-state index is 0.664. The van der Waals surface area contributed by atoms with Gasteiger partial charge in [0.2, 0.25) is 0 Å². The fourth-order valence-electron chi connectivity index (χ4n) is 2.98. The zero-order chi connectivity index (χ0) is 12.5. The molecule has 94 valence electrons. The van der Waals surface area contributed by atoms with Crippen LogP contribution < -0.4 is 10.6 Å². The number of benzene rings is 1. The van der Waals surface area contributed by atoms with E-state index < -0.39 is 0 Å². The average molecular weight is 241 g/mol. The highest BCUT2D eigenvalue weighted by Gasteiger charge is 2.21. The number of hydrogen-bond donors (Lipinski definition) is 1. The first-order chi connectivity index (χ1) is 8.77. The number of nitrogens with zero attached hydrogens (tertiary/aromatic N) is 2. The first kappa shape index (κ1) is 11.3. The normalized spacial score (nSPS) is 16.3. The van der Waals surface area contributed by atoms with Gasteiger partial charge >= 0.3 is 0 Å². The van der Waals surface area contributed by atoms with Gasteiger partial charge in [-0.2, -0.15) is 0 Å². The molecule has 1 aromatic heterocycles. The fraction of sp³-hybridized carbons (Fsp3) is 0.400. The van der Waals surface area contributed by atoms with Crippen LogP contribution in [0.4, 0.5) is 11.4 Å². The quantitative estimate of drug-likeness (QED) is 0.821. The molecule has 0 bridgehead atoms. The molecule has 0 spiro atoms. The molecule has 18 heavy (non-hydrogen) atoms. The van der Waals surface area contributed by atoms with Crippen molar-refractivity contribution in [3.63, 3.8) is 0 Å². The highest BCUT2D eigenvalue weighted by Crippen LogP contribution is 2.32. The van der Waals surface area contributed by atoms with Crippen LogP contribution in [-0.2, 0) is 0 Å². The van der Waals surface area contributed by atoms with Crippen molar-refractivity contribution in [3.8, 4) is 0 Å². The molecular formula is C15H19N3. The second kappa shape index (κ2) is 4.48. The number of nitrogens with two attached hydrogens (primary N) is 1. The Kier molecular flexibility index (Phi) is 2.82. The van der Waals surface area contributed by atoms with Gasteiger partial charge in [-0.15, -0.1) is 0 Å². The summed E-state index contributed by atoms with van der Waals surface area (Å²) in [5.74, 6) is 0. The number of aromatic nitrogens is 1. The van der Waals surface area contributed by atoms with Crippen molar-refractivity contribution >= 4 is 22.3 Å². The Morgan fingerprint density at radius 2 is 2.00 bits per heavy atom. The molecular weight excluding hydrogens is 222 g/mol. The molecule has 1 aliphatic carbocycles. The van der Waals surface area contributed by atoms with E-state index in [-0.39, 0.29) is 0 Å². The molecule has 3 nitrogen and oxygen atoms in total. The third-order valence-corrected chi connectivity index (χ3v) is 4.03. The van der Waals surface area contributed by atoms with Crippen LogP contribution in [0.25, 0.3) is 10.9 Å². The molecule has 1 aromatic carbocycles. The maximum Gasteiger partial charge on any atom is 0.0951 e. The molecule has 1 aliphatic rings. The number of hydrogen-bond acceptors (Lipinski definition) is 3. The minimum atomic E-state index is 0.664. The van der Waals surface area contributed by atoms with Crippen LogP contribution in [0.5, 0.6) is 0 Å². The topological polar surface area (TPSA) is 42.2 Å². The third-order valence-electron chi connectivity index (χ3n) is 4.03. The molecule has 1 saturated carbocycles. The number of para-hydroxylation sites is 1.